The van der Waals surface area contributed by atoms with E-state index < -0.39 is 0 Å². The fraction of sp³-hybridized carbons (Fsp3) is 0.333. The molecule has 0 aliphatic rings. The average molecular weight is 288 g/mol. The van der Waals surface area contributed by atoms with Crippen LogP contribution in [0.15, 0.2) is 36.5 Å². The molecule has 0 radical (unpaired) electrons. The number of hydrogen-bond acceptors (Lipinski definition) is 4. The van der Waals surface area contributed by atoms with E-state index >= 15 is 0 Å². The van der Waals surface area contributed by atoms with Crippen molar-refractivity contribution < 1.29 is 9.90 Å². The van der Waals surface area contributed by atoms with Crippen LogP contribution in [0, 0.1) is 0 Å². The maximum Gasteiger partial charge on any atom is 0.271 e. The Bertz CT molecular complexity index is 607. The van der Waals surface area contributed by atoms with E-state index in [0.717, 1.165) is 12.1 Å². The van der Waals surface area contributed by atoms with E-state index in [0.29, 0.717) is 24.3 Å². The highest BCUT2D eigenvalue weighted by molar-refractivity contribution is 5.92. The molecule has 1 aromatic carbocycles. The highest BCUT2D eigenvalue weighted by Crippen LogP contribution is 2.15. The molecule has 21 heavy (non-hydrogen) atoms. The molecule has 2 rings (SSSR count). The maximum atomic E-state index is 11.9. The van der Waals surface area contributed by atoms with Crippen LogP contribution in [0.1, 0.15) is 30.3 Å². The Labute approximate surface area is 123 Å². The van der Waals surface area contributed by atoms with Gasteiger partial charge in [0.1, 0.15) is 0 Å². The van der Waals surface area contributed by atoms with Gasteiger partial charge in [-0.3, -0.25) is 4.79 Å². The molecule has 0 saturated carbocycles. The minimum absolute atomic E-state index is 0.228. The van der Waals surface area contributed by atoms with Gasteiger partial charge in [-0.25, -0.2) is 4.68 Å². The Hall–Kier alpha value is -2.34. The number of hydrogen-bond donors (Lipinski definition) is 3. The van der Waals surface area contributed by atoms with Gasteiger partial charge in [-0.2, -0.15) is 5.10 Å². The molecular formula is C15H20N4O2. The molecule has 0 fully saturated rings. The van der Waals surface area contributed by atoms with Crippen LogP contribution in [0.2, 0.25) is 0 Å². The first-order chi connectivity index (χ1) is 10.1. The fourth-order valence-corrected chi connectivity index (χ4v) is 1.97. The number of carbonyl (C=O) groups is 1. The lowest BCUT2D eigenvalue weighted by atomic mass is 10.2. The minimum Gasteiger partial charge on any atom is -0.397 e. The monoisotopic (exact) mass is 288 g/mol. The summed E-state index contributed by atoms with van der Waals surface area (Å²) < 4.78 is 1.58. The first kappa shape index (κ1) is 15.1. The van der Waals surface area contributed by atoms with E-state index in [1.165, 1.54) is 0 Å². The Kier molecular flexibility index (Phi) is 4.94. The SMILES string of the molecule is CC(O)CCCNC(=O)c1ccn(-c2ccccc2N)n1. The summed E-state index contributed by atoms with van der Waals surface area (Å²) in [5, 5.41) is 16.2. The van der Waals surface area contributed by atoms with Crippen molar-refractivity contribution in [1.82, 2.24) is 15.1 Å². The molecule has 1 atom stereocenters. The standard InChI is InChI=1S/C15H20N4O2/c1-11(20)5-4-9-17-15(21)13-8-10-19(18-13)14-7-3-2-6-12(14)16/h2-3,6-8,10-11,20H,4-5,9,16H2,1H3,(H,17,21). The van der Waals surface area contributed by atoms with E-state index in [4.69, 9.17) is 10.8 Å². The maximum absolute atomic E-state index is 11.9. The minimum atomic E-state index is -0.345. The van der Waals surface area contributed by atoms with Gasteiger partial charge in [-0.05, 0) is 38.0 Å². The number of nitrogens with one attached hydrogen (secondary N) is 1. The van der Waals surface area contributed by atoms with Crippen LogP contribution < -0.4 is 11.1 Å². The van der Waals surface area contributed by atoms with Gasteiger partial charge < -0.3 is 16.2 Å². The topological polar surface area (TPSA) is 93.2 Å². The number of aromatic nitrogens is 2. The molecule has 4 N–H and O–H groups in total. The molecule has 1 aromatic heterocycles. The number of benzene rings is 1. The summed E-state index contributed by atoms with van der Waals surface area (Å²) in [5.41, 5.74) is 7.57. The van der Waals surface area contributed by atoms with Crippen molar-refractivity contribution in [3.05, 3.63) is 42.2 Å². The largest absolute Gasteiger partial charge is 0.397 e. The number of nitrogen functional groups attached to an aromatic ring is 1. The highest BCUT2D eigenvalue weighted by Gasteiger charge is 2.10. The summed E-state index contributed by atoms with van der Waals surface area (Å²) in [6.07, 6.45) is 2.75. The Balaban J connectivity index is 1.97. The second-order valence-corrected chi connectivity index (χ2v) is 4.95. The fourth-order valence-electron chi connectivity index (χ4n) is 1.97. The van der Waals surface area contributed by atoms with Gasteiger partial charge in [0, 0.05) is 12.7 Å². The van der Waals surface area contributed by atoms with E-state index in [9.17, 15) is 4.79 Å². The number of amides is 1. The molecule has 112 valence electrons. The van der Waals surface area contributed by atoms with E-state index in [-0.39, 0.29) is 12.0 Å². The van der Waals surface area contributed by atoms with Crippen molar-refractivity contribution in [2.24, 2.45) is 0 Å². The molecule has 6 nitrogen and oxygen atoms in total. The summed E-state index contributed by atoms with van der Waals surface area (Å²) in [6.45, 7) is 2.25. The summed E-state index contributed by atoms with van der Waals surface area (Å²) in [6, 6.07) is 8.98. The molecule has 0 spiro atoms. The average Bonchev–Trinajstić information content (AvgIpc) is 2.93. The van der Waals surface area contributed by atoms with Crippen LogP contribution in [0.25, 0.3) is 5.69 Å². The summed E-state index contributed by atoms with van der Waals surface area (Å²) in [7, 11) is 0. The zero-order chi connectivity index (χ0) is 15.2. The lowest BCUT2D eigenvalue weighted by Crippen LogP contribution is -2.25. The number of rotatable bonds is 6. The number of nitrogens with zero attached hydrogens (tertiary/aromatic N) is 2. The van der Waals surface area contributed by atoms with Gasteiger partial charge in [0.05, 0.1) is 17.5 Å². The van der Waals surface area contributed by atoms with Gasteiger partial charge in [-0.1, -0.05) is 12.1 Å². The number of para-hydroxylation sites is 2. The summed E-state index contributed by atoms with van der Waals surface area (Å²) in [5.74, 6) is -0.228. The quantitative estimate of drug-likeness (QED) is 0.552. The van der Waals surface area contributed by atoms with Crippen molar-refractivity contribution >= 4 is 11.6 Å². The molecule has 1 unspecified atom stereocenters. The molecule has 0 aliphatic heterocycles. The molecule has 1 heterocycles. The Morgan fingerprint density at radius 1 is 1.43 bits per heavy atom. The Morgan fingerprint density at radius 2 is 2.19 bits per heavy atom. The molecule has 2 aromatic rings. The zero-order valence-corrected chi connectivity index (χ0v) is 12.0. The van der Waals surface area contributed by atoms with Gasteiger partial charge >= 0.3 is 0 Å². The van der Waals surface area contributed by atoms with Crippen molar-refractivity contribution in [2.75, 3.05) is 12.3 Å². The predicted molar refractivity (Wildman–Crippen MR) is 81.2 cm³/mol. The lowest BCUT2D eigenvalue weighted by Gasteiger charge is -2.06. The number of carbonyl (C=O) groups excluding carboxylic acids is 1. The smallest absolute Gasteiger partial charge is 0.271 e. The number of aliphatic hydroxyl groups excluding tert-OH is 1. The third kappa shape index (κ3) is 4.06. The molecule has 0 aliphatic carbocycles. The van der Waals surface area contributed by atoms with Crippen LogP contribution in [0.5, 0.6) is 0 Å². The van der Waals surface area contributed by atoms with Crippen molar-refractivity contribution in [2.45, 2.75) is 25.9 Å². The number of nitrogens with two attached hydrogens (primary N) is 1. The van der Waals surface area contributed by atoms with Crippen molar-refractivity contribution in [3.63, 3.8) is 0 Å². The van der Waals surface area contributed by atoms with E-state index in [2.05, 4.69) is 10.4 Å². The highest BCUT2D eigenvalue weighted by atomic mass is 16.3. The Morgan fingerprint density at radius 3 is 2.90 bits per heavy atom. The zero-order valence-electron chi connectivity index (χ0n) is 12.0. The molecule has 1 amide bonds. The number of anilines is 1. The van der Waals surface area contributed by atoms with Crippen molar-refractivity contribution in [3.8, 4) is 5.69 Å². The van der Waals surface area contributed by atoms with Crippen molar-refractivity contribution in [1.29, 1.82) is 0 Å². The van der Waals surface area contributed by atoms with E-state index in [1.807, 2.05) is 18.2 Å². The summed E-state index contributed by atoms with van der Waals surface area (Å²) in [4.78, 5) is 11.9. The second kappa shape index (κ2) is 6.90. The number of aliphatic hydroxyl groups is 1. The van der Waals surface area contributed by atoms with Gasteiger partial charge in [0.25, 0.3) is 5.91 Å². The van der Waals surface area contributed by atoms with Crippen LogP contribution in [0.3, 0.4) is 0 Å². The van der Waals surface area contributed by atoms with Crippen LogP contribution >= 0.6 is 0 Å². The third-order valence-corrected chi connectivity index (χ3v) is 3.09. The van der Waals surface area contributed by atoms with Crippen LogP contribution in [0.4, 0.5) is 5.69 Å². The summed E-state index contributed by atoms with van der Waals surface area (Å²) >= 11 is 0. The first-order valence-electron chi connectivity index (χ1n) is 6.94. The normalized spacial score (nSPS) is 12.1. The van der Waals surface area contributed by atoms with Gasteiger partial charge in [0.15, 0.2) is 5.69 Å². The van der Waals surface area contributed by atoms with Gasteiger partial charge in [0.2, 0.25) is 0 Å². The molecule has 0 saturated heterocycles. The molecular weight excluding hydrogens is 268 g/mol. The lowest BCUT2D eigenvalue weighted by molar-refractivity contribution is 0.0944. The first-order valence-corrected chi connectivity index (χ1v) is 6.94. The second-order valence-electron chi connectivity index (χ2n) is 4.95. The van der Waals surface area contributed by atoms with Crippen LogP contribution in [-0.4, -0.2) is 33.4 Å². The van der Waals surface area contributed by atoms with Gasteiger partial charge in [-0.15, -0.1) is 0 Å². The molecule has 0 bridgehead atoms. The molecule has 6 heteroatoms. The van der Waals surface area contributed by atoms with Crippen LogP contribution in [-0.2, 0) is 0 Å². The van der Waals surface area contributed by atoms with E-state index in [1.54, 1.807) is 29.9 Å². The third-order valence-electron chi connectivity index (χ3n) is 3.09. The predicted octanol–water partition coefficient (Wildman–Crippen LogP) is 1.35.